The van der Waals surface area contributed by atoms with E-state index in [9.17, 15) is 9.50 Å². The first-order valence-corrected chi connectivity index (χ1v) is 9.54. The minimum absolute atomic E-state index is 0.00432. The molecule has 0 bridgehead atoms. The van der Waals surface area contributed by atoms with Crippen LogP contribution in [0.5, 0.6) is 5.75 Å². The third kappa shape index (κ3) is 4.93. The molecule has 24 heavy (non-hydrogen) atoms. The van der Waals surface area contributed by atoms with Crippen LogP contribution in [0, 0.1) is 5.82 Å². The Morgan fingerprint density at radius 1 is 1.21 bits per heavy atom. The van der Waals surface area contributed by atoms with Crippen LogP contribution in [0.25, 0.3) is 0 Å². The van der Waals surface area contributed by atoms with Crippen LogP contribution < -0.4 is 0 Å². The van der Waals surface area contributed by atoms with Crippen molar-refractivity contribution in [3.05, 3.63) is 29.6 Å². The van der Waals surface area contributed by atoms with E-state index in [2.05, 4.69) is 30.6 Å². The fourth-order valence-corrected chi connectivity index (χ4v) is 3.99. The third-order valence-electron chi connectivity index (χ3n) is 5.35. The van der Waals surface area contributed by atoms with Gasteiger partial charge in [-0.25, -0.2) is 4.39 Å². The maximum atomic E-state index is 13.9. The van der Waals surface area contributed by atoms with Crippen LogP contribution >= 0.6 is 0 Å². The summed E-state index contributed by atoms with van der Waals surface area (Å²) >= 11 is 0. The van der Waals surface area contributed by atoms with Gasteiger partial charge in [0.25, 0.3) is 0 Å². The topological polar surface area (TPSA) is 26.7 Å². The second kappa shape index (κ2) is 9.38. The fourth-order valence-electron chi connectivity index (χ4n) is 3.99. The van der Waals surface area contributed by atoms with Crippen molar-refractivity contribution in [1.82, 2.24) is 9.80 Å². The normalized spacial score (nSPS) is 17.1. The first-order chi connectivity index (χ1) is 11.6. The van der Waals surface area contributed by atoms with E-state index in [0.29, 0.717) is 24.2 Å². The maximum absolute atomic E-state index is 13.9. The molecular formula is C20H33FN2O. The van der Waals surface area contributed by atoms with Gasteiger partial charge in [-0.05, 0) is 57.8 Å². The second-order valence-electron chi connectivity index (χ2n) is 6.99. The Bertz CT molecular complexity index is 496. The summed E-state index contributed by atoms with van der Waals surface area (Å²) in [5, 5.41) is 9.33. The van der Waals surface area contributed by atoms with Crippen LogP contribution in [0.2, 0.25) is 0 Å². The molecule has 1 aliphatic rings. The van der Waals surface area contributed by atoms with Crippen LogP contribution in [0.15, 0.2) is 18.2 Å². The van der Waals surface area contributed by atoms with Gasteiger partial charge < -0.3 is 5.11 Å². The molecule has 1 N–H and O–H groups in total. The molecule has 1 aromatic carbocycles. The van der Waals surface area contributed by atoms with Crippen LogP contribution in [-0.4, -0.2) is 46.6 Å². The highest BCUT2D eigenvalue weighted by atomic mass is 19.1. The summed E-state index contributed by atoms with van der Waals surface area (Å²) in [4.78, 5) is 5.06. The molecule has 3 nitrogen and oxygen atoms in total. The Hall–Kier alpha value is -1.13. The average Bonchev–Trinajstić information content (AvgIpc) is 2.58. The van der Waals surface area contributed by atoms with Gasteiger partial charge in [-0.2, -0.15) is 0 Å². The van der Waals surface area contributed by atoms with Gasteiger partial charge >= 0.3 is 0 Å². The zero-order chi connectivity index (χ0) is 17.5. The van der Waals surface area contributed by atoms with Crippen molar-refractivity contribution >= 4 is 0 Å². The third-order valence-corrected chi connectivity index (χ3v) is 5.35. The van der Waals surface area contributed by atoms with E-state index >= 15 is 0 Å². The summed E-state index contributed by atoms with van der Waals surface area (Å²) in [6.45, 7) is 10.7. The fraction of sp³-hybridized carbons (Fsp3) is 0.700. The lowest BCUT2D eigenvalue weighted by Crippen LogP contribution is -2.49. The molecule has 0 aromatic heterocycles. The number of benzene rings is 1. The highest BCUT2D eigenvalue weighted by Gasteiger charge is 2.27. The van der Waals surface area contributed by atoms with Gasteiger partial charge in [0.15, 0.2) is 0 Å². The van der Waals surface area contributed by atoms with Crippen LogP contribution in [0.4, 0.5) is 4.39 Å². The van der Waals surface area contributed by atoms with E-state index in [1.165, 1.54) is 31.9 Å². The Morgan fingerprint density at radius 3 is 2.42 bits per heavy atom. The summed E-state index contributed by atoms with van der Waals surface area (Å²) in [7, 11) is 0. The lowest BCUT2D eigenvalue weighted by Gasteiger charge is -2.42. The first kappa shape index (κ1) is 19.2. The van der Waals surface area contributed by atoms with E-state index in [-0.39, 0.29) is 11.6 Å². The van der Waals surface area contributed by atoms with Gasteiger partial charge in [0.2, 0.25) is 0 Å². The molecular weight excluding hydrogens is 303 g/mol. The second-order valence-corrected chi connectivity index (χ2v) is 6.99. The van der Waals surface area contributed by atoms with Crippen LogP contribution in [0.3, 0.4) is 0 Å². The summed E-state index contributed by atoms with van der Waals surface area (Å²) in [6.07, 6.45) is 5.96. The monoisotopic (exact) mass is 336 g/mol. The molecule has 0 saturated carbocycles. The zero-order valence-electron chi connectivity index (χ0n) is 15.5. The van der Waals surface area contributed by atoms with Gasteiger partial charge in [-0.3, -0.25) is 9.80 Å². The van der Waals surface area contributed by atoms with Crippen molar-refractivity contribution in [3.63, 3.8) is 0 Å². The predicted molar refractivity (Wildman–Crippen MR) is 97.7 cm³/mol. The number of nitrogens with zero attached hydrogens (tertiary/aromatic N) is 2. The molecule has 0 atom stereocenters. The summed E-state index contributed by atoms with van der Waals surface area (Å²) in [5.41, 5.74) is 0.677. The summed E-state index contributed by atoms with van der Waals surface area (Å²) in [5.74, 6) is -0.308. The molecule has 1 saturated heterocycles. The van der Waals surface area contributed by atoms with Crippen molar-refractivity contribution in [3.8, 4) is 5.75 Å². The summed E-state index contributed by atoms with van der Waals surface area (Å²) < 4.78 is 13.9. The molecule has 0 spiro atoms. The lowest BCUT2D eigenvalue weighted by atomic mass is 9.98. The maximum Gasteiger partial charge on any atom is 0.131 e. The number of rotatable bonds is 8. The van der Waals surface area contributed by atoms with Crippen molar-refractivity contribution in [2.24, 2.45) is 0 Å². The van der Waals surface area contributed by atoms with Crippen molar-refractivity contribution < 1.29 is 9.50 Å². The number of phenols is 1. The predicted octanol–water partition coefficient (Wildman–Crippen LogP) is 4.40. The Balaban J connectivity index is 1.91. The summed E-state index contributed by atoms with van der Waals surface area (Å²) in [6, 6.07) is 5.83. The first-order valence-electron chi connectivity index (χ1n) is 9.54. The van der Waals surface area contributed by atoms with E-state index < -0.39 is 0 Å². The van der Waals surface area contributed by atoms with Crippen molar-refractivity contribution in [1.29, 1.82) is 0 Å². The minimum atomic E-state index is -0.304. The highest BCUT2D eigenvalue weighted by molar-refractivity contribution is 5.27. The van der Waals surface area contributed by atoms with Gasteiger partial charge in [-0.15, -0.1) is 0 Å². The van der Waals surface area contributed by atoms with Gasteiger partial charge in [-0.1, -0.05) is 26.8 Å². The van der Waals surface area contributed by atoms with Gasteiger partial charge in [0.1, 0.15) is 11.6 Å². The van der Waals surface area contributed by atoms with E-state index in [4.69, 9.17) is 0 Å². The molecule has 0 amide bonds. The number of piperidine rings is 1. The van der Waals surface area contributed by atoms with E-state index in [1.807, 2.05) is 0 Å². The van der Waals surface area contributed by atoms with Crippen LogP contribution in [0.1, 0.15) is 58.4 Å². The largest absolute Gasteiger partial charge is 0.508 e. The number of likely N-dealkylation sites (tertiary alicyclic amines) is 1. The number of aromatic hydroxyl groups is 1. The quantitative estimate of drug-likeness (QED) is 0.762. The number of halogens is 1. The molecule has 0 radical (unpaired) electrons. The minimum Gasteiger partial charge on any atom is -0.508 e. The zero-order valence-corrected chi connectivity index (χ0v) is 15.5. The molecule has 1 fully saturated rings. The molecule has 2 rings (SSSR count). The Kier molecular flexibility index (Phi) is 7.50. The molecule has 1 aliphatic heterocycles. The van der Waals surface area contributed by atoms with Crippen molar-refractivity contribution in [2.75, 3.05) is 19.6 Å². The van der Waals surface area contributed by atoms with E-state index in [1.54, 1.807) is 12.1 Å². The van der Waals surface area contributed by atoms with Gasteiger partial charge in [0, 0.05) is 30.3 Å². The average molecular weight is 336 g/mol. The molecule has 136 valence electrons. The molecule has 1 aromatic rings. The standard InChI is InChI=1S/C20H33FN2O/c1-4-11-23(17(5-2)6-3)18-9-12-22(13-10-18)15-16-7-8-19(24)14-20(16)21/h7-8,14,17-18,24H,4-6,9-13,15H2,1-3H3. The molecule has 4 heteroatoms. The number of hydrogen-bond acceptors (Lipinski definition) is 3. The van der Waals surface area contributed by atoms with Crippen molar-refractivity contribution in [2.45, 2.75) is 71.5 Å². The molecule has 0 unspecified atom stereocenters. The Morgan fingerprint density at radius 2 is 1.88 bits per heavy atom. The van der Waals surface area contributed by atoms with Crippen LogP contribution in [-0.2, 0) is 6.54 Å². The molecule has 1 heterocycles. The van der Waals surface area contributed by atoms with Gasteiger partial charge in [0.05, 0.1) is 0 Å². The Labute approximate surface area is 146 Å². The molecule has 0 aliphatic carbocycles. The number of hydrogen-bond donors (Lipinski definition) is 1. The number of phenolic OH excluding ortho intramolecular Hbond substituents is 1. The SMILES string of the molecule is CCCN(C(CC)CC)C1CCN(Cc2ccc(O)cc2F)CC1. The smallest absolute Gasteiger partial charge is 0.131 e. The van der Waals surface area contributed by atoms with E-state index in [0.717, 1.165) is 25.9 Å². The highest BCUT2D eigenvalue weighted by Crippen LogP contribution is 2.24. The lowest BCUT2D eigenvalue weighted by molar-refractivity contribution is 0.0666.